The van der Waals surface area contributed by atoms with Gasteiger partial charge in [-0.05, 0) is 63.4 Å². The third-order valence-corrected chi connectivity index (χ3v) is 5.52. The number of carboxylic acid groups (broad SMARTS) is 1. The lowest BCUT2D eigenvalue weighted by atomic mass is 9.94. The highest BCUT2D eigenvalue weighted by atomic mass is 35.5. The first-order valence-corrected chi connectivity index (χ1v) is 10.7. The molecule has 30 heavy (non-hydrogen) atoms. The van der Waals surface area contributed by atoms with Gasteiger partial charge in [-0.3, -0.25) is 4.90 Å². The van der Waals surface area contributed by atoms with Crippen molar-refractivity contribution in [2.75, 3.05) is 13.1 Å². The second kappa shape index (κ2) is 11.0. The molecule has 0 aliphatic heterocycles. The number of nitrogens with zero attached hydrogens (tertiary/aromatic N) is 1. The van der Waals surface area contributed by atoms with E-state index in [2.05, 4.69) is 5.32 Å². The van der Waals surface area contributed by atoms with E-state index in [0.717, 1.165) is 11.1 Å². The van der Waals surface area contributed by atoms with E-state index in [9.17, 15) is 15.0 Å². The molecule has 0 bridgehead atoms. The Balaban J connectivity index is 2.06. The van der Waals surface area contributed by atoms with Crippen LogP contribution in [0, 0.1) is 0 Å². The predicted molar refractivity (Wildman–Crippen MR) is 123 cm³/mol. The highest BCUT2D eigenvalue weighted by Gasteiger charge is 2.37. The second-order valence-electron chi connectivity index (χ2n) is 8.34. The summed E-state index contributed by atoms with van der Waals surface area (Å²) in [5.41, 5.74) is 1.29. The first-order valence-electron chi connectivity index (χ1n) is 9.98. The average molecular weight is 453 g/mol. The number of aliphatic hydroxyl groups is 1. The average Bonchev–Trinajstić information content (AvgIpc) is 2.65. The molecule has 0 aliphatic rings. The Hall–Kier alpha value is -1.79. The molecule has 0 aliphatic carbocycles. The first-order chi connectivity index (χ1) is 14.1. The molecule has 2 rings (SSSR count). The number of nitrogens with one attached hydrogen (secondary N) is 1. The molecule has 3 N–H and O–H groups in total. The van der Waals surface area contributed by atoms with E-state index in [0.29, 0.717) is 29.4 Å². The molecule has 1 amide bonds. The highest BCUT2D eigenvalue weighted by molar-refractivity contribution is 6.35. The molecule has 5 nitrogen and oxygen atoms in total. The van der Waals surface area contributed by atoms with Gasteiger partial charge in [-0.15, -0.1) is 0 Å². The summed E-state index contributed by atoms with van der Waals surface area (Å²) >= 11 is 12.1. The predicted octanol–water partition coefficient (Wildman–Crippen LogP) is 4.88. The van der Waals surface area contributed by atoms with Gasteiger partial charge in [-0.1, -0.05) is 59.6 Å². The topological polar surface area (TPSA) is 72.8 Å². The van der Waals surface area contributed by atoms with Crippen LogP contribution in [0.5, 0.6) is 0 Å². The number of halogens is 2. The van der Waals surface area contributed by atoms with E-state index >= 15 is 0 Å². The summed E-state index contributed by atoms with van der Waals surface area (Å²) in [7, 11) is 0. The zero-order valence-corrected chi connectivity index (χ0v) is 19.1. The normalized spacial score (nSPS) is 13.7. The molecule has 0 heterocycles. The maximum absolute atomic E-state index is 12.0. The van der Waals surface area contributed by atoms with Crippen molar-refractivity contribution in [1.82, 2.24) is 10.2 Å². The third-order valence-electron chi connectivity index (χ3n) is 4.93. The summed E-state index contributed by atoms with van der Waals surface area (Å²) < 4.78 is 0. The first kappa shape index (κ1) is 24.5. The van der Waals surface area contributed by atoms with Crippen molar-refractivity contribution in [3.63, 3.8) is 0 Å². The number of amides is 1. The van der Waals surface area contributed by atoms with Gasteiger partial charge in [-0.25, -0.2) is 4.79 Å². The third kappa shape index (κ3) is 7.17. The van der Waals surface area contributed by atoms with Crippen LogP contribution in [0.3, 0.4) is 0 Å². The van der Waals surface area contributed by atoms with Gasteiger partial charge in [0.1, 0.15) is 0 Å². The smallest absolute Gasteiger partial charge is 0.408 e. The number of hydrogen-bond donors (Lipinski definition) is 3. The summed E-state index contributed by atoms with van der Waals surface area (Å²) in [6, 6.07) is 14.4. The lowest BCUT2D eigenvalue weighted by Crippen LogP contribution is -2.58. The second-order valence-corrected chi connectivity index (χ2v) is 9.18. The van der Waals surface area contributed by atoms with Crippen molar-refractivity contribution in [3.8, 4) is 0 Å². The molecular formula is C23H30Cl2N2O3. The molecule has 0 fully saturated rings. The maximum Gasteiger partial charge on any atom is 0.408 e. The number of aliphatic hydroxyl groups excluding tert-OH is 1. The fourth-order valence-corrected chi connectivity index (χ4v) is 4.02. The van der Waals surface area contributed by atoms with Crippen LogP contribution in [0.4, 0.5) is 4.79 Å². The molecule has 7 heteroatoms. The Morgan fingerprint density at radius 2 is 1.80 bits per heavy atom. The van der Waals surface area contributed by atoms with Crippen LogP contribution >= 0.6 is 23.2 Å². The maximum atomic E-state index is 12.0. The summed E-state index contributed by atoms with van der Waals surface area (Å²) in [4.78, 5) is 13.4. The molecule has 2 atom stereocenters. The van der Waals surface area contributed by atoms with Crippen LogP contribution in [-0.2, 0) is 12.8 Å². The monoisotopic (exact) mass is 452 g/mol. The highest BCUT2D eigenvalue weighted by Crippen LogP contribution is 2.23. The molecule has 0 unspecified atom stereocenters. The van der Waals surface area contributed by atoms with Crippen molar-refractivity contribution in [3.05, 3.63) is 69.7 Å². The van der Waals surface area contributed by atoms with Gasteiger partial charge in [0.25, 0.3) is 0 Å². The van der Waals surface area contributed by atoms with Gasteiger partial charge in [-0.2, -0.15) is 0 Å². The Morgan fingerprint density at radius 1 is 1.13 bits per heavy atom. The van der Waals surface area contributed by atoms with E-state index in [4.69, 9.17) is 23.2 Å². The Bertz CT molecular complexity index is 825. The number of benzene rings is 2. The number of carbonyl (C=O) groups is 1. The van der Waals surface area contributed by atoms with E-state index in [-0.39, 0.29) is 6.54 Å². The van der Waals surface area contributed by atoms with E-state index in [1.165, 1.54) is 4.90 Å². The summed E-state index contributed by atoms with van der Waals surface area (Å²) in [6.07, 6.45) is -0.818. The van der Waals surface area contributed by atoms with Crippen LogP contribution in [-0.4, -0.2) is 52.0 Å². The summed E-state index contributed by atoms with van der Waals surface area (Å²) in [5, 5.41) is 25.2. The van der Waals surface area contributed by atoms with Gasteiger partial charge < -0.3 is 15.5 Å². The zero-order chi connectivity index (χ0) is 22.3. The van der Waals surface area contributed by atoms with Crippen molar-refractivity contribution in [1.29, 1.82) is 0 Å². The number of rotatable bonds is 9. The van der Waals surface area contributed by atoms with Gasteiger partial charge in [0.15, 0.2) is 0 Å². The summed E-state index contributed by atoms with van der Waals surface area (Å²) in [6.45, 7) is 6.37. The lowest BCUT2D eigenvalue weighted by molar-refractivity contribution is 0.00792. The molecule has 0 spiro atoms. The molecule has 2 aromatic carbocycles. The van der Waals surface area contributed by atoms with Crippen LogP contribution in [0.15, 0.2) is 48.5 Å². The minimum Gasteiger partial charge on any atom is -0.465 e. The quantitative estimate of drug-likeness (QED) is 0.474. The molecule has 2 aromatic rings. The van der Waals surface area contributed by atoms with Gasteiger partial charge in [0.05, 0.1) is 12.1 Å². The molecule has 0 saturated heterocycles. The SMILES string of the molecule is CC(C)(C)N(C(=O)O)[C@@H](Cc1ccccc1)[C@@H](O)CNCCc1ccc(Cl)cc1Cl. The van der Waals surface area contributed by atoms with Crippen LogP contribution < -0.4 is 5.32 Å². The zero-order valence-electron chi connectivity index (χ0n) is 17.6. The van der Waals surface area contributed by atoms with Crippen LogP contribution in [0.1, 0.15) is 31.9 Å². The van der Waals surface area contributed by atoms with Crippen molar-refractivity contribution < 1.29 is 15.0 Å². The largest absolute Gasteiger partial charge is 0.465 e. The standard InChI is InChI=1S/C23H30Cl2N2O3/c1-23(2,3)27(22(29)30)20(13-16-7-5-4-6-8-16)21(28)15-26-12-11-17-9-10-18(24)14-19(17)25/h4-10,14,20-21,26,28H,11-13,15H2,1-3H3,(H,29,30)/t20-,21-/m0/s1. The summed E-state index contributed by atoms with van der Waals surface area (Å²) in [5.74, 6) is 0. The van der Waals surface area contributed by atoms with E-state index in [1.807, 2.05) is 57.2 Å². The molecule has 164 valence electrons. The Kier molecular flexibility index (Phi) is 8.98. The van der Waals surface area contributed by atoms with Crippen molar-refractivity contribution in [2.45, 2.75) is 51.3 Å². The molecule has 0 aromatic heterocycles. The van der Waals surface area contributed by atoms with Crippen LogP contribution in [0.2, 0.25) is 10.0 Å². The van der Waals surface area contributed by atoms with Crippen molar-refractivity contribution in [2.24, 2.45) is 0 Å². The minimum absolute atomic E-state index is 0.266. The Morgan fingerprint density at radius 3 is 2.37 bits per heavy atom. The molecular weight excluding hydrogens is 423 g/mol. The molecule has 0 saturated carbocycles. The van der Waals surface area contributed by atoms with Crippen LogP contribution in [0.25, 0.3) is 0 Å². The fourth-order valence-electron chi connectivity index (χ4n) is 3.51. The molecule has 0 radical (unpaired) electrons. The van der Waals surface area contributed by atoms with Gasteiger partial charge in [0, 0.05) is 22.1 Å². The number of hydrogen-bond acceptors (Lipinski definition) is 3. The van der Waals surface area contributed by atoms with Gasteiger partial charge >= 0.3 is 6.09 Å². The Labute approximate surface area is 188 Å². The fraction of sp³-hybridized carbons (Fsp3) is 0.435. The van der Waals surface area contributed by atoms with Crippen molar-refractivity contribution >= 4 is 29.3 Å². The van der Waals surface area contributed by atoms with Gasteiger partial charge in [0.2, 0.25) is 0 Å². The van der Waals surface area contributed by atoms with E-state index in [1.54, 1.807) is 12.1 Å². The van der Waals surface area contributed by atoms with E-state index < -0.39 is 23.8 Å². The lowest BCUT2D eigenvalue weighted by Gasteiger charge is -2.42. The minimum atomic E-state index is -1.05.